The molecule has 7 nitrogen and oxygen atoms in total. The van der Waals surface area contributed by atoms with Gasteiger partial charge in [-0.05, 0) is 44.2 Å². The fraction of sp³-hybridized carbons (Fsp3) is 0.190. The molecule has 4 rings (SSSR count). The van der Waals surface area contributed by atoms with Crippen LogP contribution in [0.2, 0.25) is 10.0 Å². The minimum atomic E-state index is -0.658. The molecule has 1 aromatic heterocycles. The van der Waals surface area contributed by atoms with Crippen molar-refractivity contribution < 1.29 is 9.53 Å². The molecule has 3 aromatic rings. The van der Waals surface area contributed by atoms with Crippen LogP contribution in [0.1, 0.15) is 25.5 Å². The molecule has 1 atom stereocenters. The topological polar surface area (TPSA) is 95.1 Å². The molecule has 0 bridgehead atoms. The van der Waals surface area contributed by atoms with Gasteiger partial charge in [-0.3, -0.25) is 4.79 Å². The van der Waals surface area contributed by atoms with E-state index in [9.17, 15) is 4.79 Å². The summed E-state index contributed by atoms with van der Waals surface area (Å²) in [4.78, 5) is 16.9. The number of aromatic nitrogens is 3. The van der Waals surface area contributed by atoms with Crippen molar-refractivity contribution in [2.45, 2.75) is 19.9 Å². The number of primary amides is 1. The number of anilines is 1. The second-order valence-corrected chi connectivity index (χ2v) is 7.52. The fourth-order valence-electron chi connectivity index (χ4n) is 3.48. The third kappa shape index (κ3) is 3.51. The number of carbonyl (C=O) groups is 1. The number of hydrogen-bond donors (Lipinski definition) is 2. The largest absolute Gasteiger partial charge is 0.494 e. The average molecular weight is 444 g/mol. The highest BCUT2D eigenvalue weighted by Crippen LogP contribution is 2.40. The van der Waals surface area contributed by atoms with Gasteiger partial charge >= 0.3 is 0 Å². The molecule has 9 heteroatoms. The summed E-state index contributed by atoms with van der Waals surface area (Å²) < 4.78 is 7.10. The van der Waals surface area contributed by atoms with Crippen molar-refractivity contribution >= 4 is 35.1 Å². The Bertz CT molecular complexity index is 1150. The number of carbonyl (C=O) groups excluding carboxylic acids is 1. The Labute approximate surface area is 183 Å². The molecule has 0 aliphatic carbocycles. The lowest BCUT2D eigenvalue weighted by Gasteiger charge is -2.28. The number of fused-ring (bicyclic) bond motifs is 1. The first-order valence-corrected chi connectivity index (χ1v) is 10.1. The SMILES string of the molecule is CCOc1ccc(-c2nc3n(n2)C(c2cccc(Cl)c2Cl)C(C(N)=O)=C(C)N3)cc1. The minimum Gasteiger partial charge on any atom is -0.494 e. The van der Waals surface area contributed by atoms with Crippen molar-refractivity contribution in [2.75, 3.05) is 11.9 Å². The van der Waals surface area contributed by atoms with Crippen molar-refractivity contribution in [1.82, 2.24) is 14.8 Å². The highest BCUT2D eigenvalue weighted by atomic mass is 35.5. The number of benzene rings is 2. The van der Waals surface area contributed by atoms with E-state index in [1.54, 1.807) is 29.8 Å². The van der Waals surface area contributed by atoms with Crippen LogP contribution in [0.25, 0.3) is 11.4 Å². The van der Waals surface area contributed by atoms with Gasteiger partial charge in [0.15, 0.2) is 5.82 Å². The molecule has 1 aliphatic rings. The van der Waals surface area contributed by atoms with E-state index in [-0.39, 0.29) is 0 Å². The third-order valence-electron chi connectivity index (χ3n) is 4.82. The summed E-state index contributed by atoms with van der Waals surface area (Å²) in [5.41, 5.74) is 8.05. The first-order chi connectivity index (χ1) is 14.4. The lowest BCUT2D eigenvalue weighted by atomic mass is 9.95. The maximum absolute atomic E-state index is 12.3. The standard InChI is InChI=1S/C21H19Cl2N5O2/c1-3-30-13-9-7-12(8-10-13)20-26-21-25-11(2)16(19(24)29)18(28(21)27-20)14-5-4-6-15(22)17(14)23/h4-10,18H,3H2,1-2H3,(H2,24,29)(H,25,26,27). The molecular formula is C21H19Cl2N5O2. The van der Waals surface area contributed by atoms with Crippen LogP contribution in [0.5, 0.6) is 5.75 Å². The molecule has 1 amide bonds. The summed E-state index contributed by atoms with van der Waals surface area (Å²) in [5, 5.41) is 8.48. The number of hydrogen-bond acceptors (Lipinski definition) is 5. The van der Waals surface area contributed by atoms with Gasteiger partial charge in [0.05, 0.1) is 22.2 Å². The Hall–Kier alpha value is -3.03. The van der Waals surface area contributed by atoms with Crippen molar-refractivity contribution in [1.29, 1.82) is 0 Å². The molecule has 1 unspecified atom stereocenters. The maximum atomic E-state index is 12.3. The number of nitrogens with one attached hydrogen (secondary N) is 1. The highest BCUT2D eigenvalue weighted by molar-refractivity contribution is 6.42. The molecule has 1 aliphatic heterocycles. The van der Waals surface area contributed by atoms with Gasteiger partial charge in [0.25, 0.3) is 0 Å². The summed E-state index contributed by atoms with van der Waals surface area (Å²) in [6, 6.07) is 12.1. The number of nitrogens with zero attached hydrogens (tertiary/aromatic N) is 3. The number of rotatable bonds is 5. The normalized spacial score (nSPS) is 15.5. The van der Waals surface area contributed by atoms with Gasteiger partial charge in [0.2, 0.25) is 11.9 Å². The highest BCUT2D eigenvalue weighted by Gasteiger charge is 2.34. The van der Waals surface area contributed by atoms with Crippen molar-refractivity contribution in [3.8, 4) is 17.1 Å². The first-order valence-electron chi connectivity index (χ1n) is 9.32. The lowest BCUT2D eigenvalue weighted by molar-refractivity contribution is -0.115. The van der Waals surface area contributed by atoms with Crippen LogP contribution in [-0.4, -0.2) is 27.3 Å². The molecule has 0 spiro atoms. The molecule has 30 heavy (non-hydrogen) atoms. The van der Waals surface area contributed by atoms with Crippen LogP contribution >= 0.6 is 23.2 Å². The summed E-state index contributed by atoms with van der Waals surface area (Å²) in [6.07, 6.45) is 0. The Kier molecular flexibility index (Phi) is 5.40. The average Bonchev–Trinajstić information content (AvgIpc) is 3.13. The maximum Gasteiger partial charge on any atom is 0.248 e. The third-order valence-corrected chi connectivity index (χ3v) is 5.65. The molecule has 0 fully saturated rings. The number of amides is 1. The number of nitrogens with two attached hydrogens (primary N) is 1. The second-order valence-electron chi connectivity index (χ2n) is 6.73. The molecule has 0 radical (unpaired) electrons. The zero-order valence-corrected chi connectivity index (χ0v) is 17.8. The zero-order valence-electron chi connectivity index (χ0n) is 16.3. The van der Waals surface area contributed by atoms with E-state index in [2.05, 4.69) is 15.4 Å². The molecule has 0 saturated carbocycles. The van der Waals surface area contributed by atoms with E-state index in [4.69, 9.17) is 33.7 Å². The van der Waals surface area contributed by atoms with Gasteiger partial charge in [0, 0.05) is 16.8 Å². The number of ether oxygens (including phenoxy) is 1. The van der Waals surface area contributed by atoms with Crippen molar-refractivity contribution in [2.24, 2.45) is 5.73 Å². The monoisotopic (exact) mass is 443 g/mol. The minimum absolute atomic E-state index is 0.335. The first kappa shape index (κ1) is 20.3. The molecule has 0 saturated heterocycles. The molecule has 154 valence electrons. The predicted molar refractivity (Wildman–Crippen MR) is 117 cm³/mol. The van der Waals surface area contributed by atoms with Crippen LogP contribution < -0.4 is 15.8 Å². The van der Waals surface area contributed by atoms with Gasteiger partial charge in [-0.1, -0.05) is 35.3 Å². The van der Waals surface area contributed by atoms with Crippen LogP contribution in [0.3, 0.4) is 0 Å². The van der Waals surface area contributed by atoms with Gasteiger partial charge < -0.3 is 15.8 Å². The Morgan fingerprint density at radius 2 is 1.97 bits per heavy atom. The van der Waals surface area contributed by atoms with Crippen molar-refractivity contribution in [3.05, 3.63) is 69.3 Å². The van der Waals surface area contributed by atoms with E-state index in [1.165, 1.54) is 0 Å². The van der Waals surface area contributed by atoms with Gasteiger partial charge in [0.1, 0.15) is 11.8 Å². The Balaban J connectivity index is 1.84. The summed E-state index contributed by atoms with van der Waals surface area (Å²) in [6.45, 7) is 4.28. The lowest BCUT2D eigenvalue weighted by Crippen LogP contribution is -2.32. The fourth-order valence-corrected chi connectivity index (χ4v) is 3.89. The number of allylic oxidation sites excluding steroid dienone is 1. The predicted octanol–water partition coefficient (Wildman–Crippen LogP) is 4.42. The van der Waals surface area contributed by atoms with Gasteiger partial charge in [-0.15, -0.1) is 5.10 Å². The Morgan fingerprint density at radius 3 is 2.63 bits per heavy atom. The summed E-state index contributed by atoms with van der Waals surface area (Å²) in [5.74, 6) is 1.15. The molecular weight excluding hydrogens is 425 g/mol. The Morgan fingerprint density at radius 1 is 1.23 bits per heavy atom. The van der Waals surface area contributed by atoms with Crippen LogP contribution in [0, 0.1) is 0 Å². The van der Waals surface area contributed by atoms with E-state index < -0.39 is 11.9 Å². The van der Waals surface area contributed by atoms with E-state index in [0.29, 0.717) is 45.3 Å². The zero-order chi connectivity index (χ0) is 21.4. The van der Waals surface area contributed by atoms with Gasteiger partial charge in [-0.2, -0.15) is 4.98 Å². The van der Waals surface area contributed by atoms with E-state index >= 15 is 0 Å². The van der Waals surface area contributed by atoms with Crippen molar-refractivity contribution in [3.63, 3.8) is 0 Å². The second kappa shape index (κ2) is 8.01. The van der Waals surface area contributed by atoms with Crippen LogP contribution in [0.4, 0.5) is 5.95 Å². The molecule has 2 aromatic carbocycles. The van der Waals surface area contributed by atoms with E-state index in [0.717, 1.165) is 11.3 Å². The van der Waals surface area contributed by atoms with Gasteiger partial charge in [-0.25, -0.2) is 4.68 Å². The number of halogens is 2. The summed E-state index contributed by atoms with van der Waals surface area (Å²) in [7, 11) is 0. The summed E-state index contributed by atoms with van der Waals surface area (Å²) >= 11 is 12.7. The van der Waals surface area contributed by atoms with E-state index in [1.807, 2.05) is 31.2 Å². The quantitative estimate of drug-likeness (QED) is 0.608. The molecule has 2 heterocycles. The molecule has 3 N–H and O–H groups in total. The van der Waals surface area contributed by atoms with Crippen LogP contribution in [0.15, 0.2) is 53.7 Å². The smallest absolute Gasteiger partial charge is 0.248 e. The van der Waals surface area contributed by atoms with Crippen LogP contribution in [-0.2, 0) is 4.79 Å².